The smallest absolute Gasteiger partial charge is 0.407 e. The van der Waals surface area contributed by atoms with Crippen molar-refractivity contribution in [2.45, 2.75) is 47.7 Å². The number of aromatic nitrogens is 3. The Morgan fingerprint density at radius 3 is 2.52 bits per heavy atom. The number of carbonyl (C=O) groups is 1. The molecular weight excluding hydrogens is 392 g/mol. The minimum absolute atomic E-state index is 0.0306. The summed E-state index contributed by atoms with van der Waals surface area (Å²) < 4.78 is 3.36. The molecule has 1 N–H and O–H groups in total. The molecule has 0 aliphatic heterocycles. The van der Waals surface area contributed by atoms with Crippen LogP contribution in [0.3, 0.4) is 0 Å². The molecule has 2 heterocycles. The van der Waals surface area contributed by atoms with E-state index < -0.39 is 6.09 Å². The minimum atomic E-state index is -0.922. The molecule has 31 heavy (non-hydrogen) atoms. The van der Waals surface area contributed by atoms with Gasteiger partial charge in [-0.25, -0.2) is 14.6 Å². The summed E-state index contributed by atoms with van der Waals surface area (Å²) >= 11 is 0. The SMILES string of the molecule is CC(C)CN(Cc1cccc(-c2ccc3c(n2)n(C)c(=O)n3CC(C)(C)C)c1)C(=O)O. The van der Waals surface area contributed by atoms with Crippen LogP contribution in [0.15, 0.2) is 41.2 Å². The van der Waals surface area contributed by atoms with E-state index in [1.807, 2.05) is 50.2 Å². The molecule has 1 amide bonds. The number of hydrogen-bond acceptors (Lipinski definition) is 3. The predicted octanol–water partition coefficient (Wildman–Crippen LogP) is 4.58. The number of imidazole rings is 1. The van der Waals surface area contributed by atoms with Crippen molar-refractivity contribution in [3.63, 3.8) is 0 Å². The Morgan fingerprint density at radius 1 is 1.19 bits per heavy atom. The van der Waals surface area contributed by atoms with Gasteiger partial charge >= 0.3 is 11.8 Å². The minimum Gasteiger partial charge on any atom is -0.465 e. The van der Waals surface area contributed by atoms with Crippen LogP contribution in [0.2, 0.25) is 0 Å². The second-order valence-corrected chi connectivity index (χ2v) is 9.78. The fourth-order valence-electron chi connectivity index (χ4n) is 3.76. The number of hydrogen-bond donors (Lipinski definition) is 1. The number of fused-ring (bicyclic) bond motifs is 1. The Bertz CT molecular complexity index is 1150. The summed E-state index contributed by atoms with van der Waals surface area (Å²) in [5.41, 5.74) is 3.90. The number of nitrogens with zero attached hydrogens (tertiary/aromatic N) is 4. The lowest BCUT2D eigenvalue weighted by atomic mass is 9.97. The third-order valence-corrected chi connectivity index (χ3v) is 5.07. The van der Waals surface area contributed by atoms with Gasteiger partial charge in [-0.2, -0.15) is 0 Å². The maximum Gasteiger partial charge on any atom is 0.407 e. The summed E-state index contributed by atoms with van der Waals surface area (Å²) in [6.07, 6.45) is -0.922. The van der Waals surface area contributed by atoms with Crippen molar-refractivity contribution in [3.8, 4) is 11.3 Å². The van der Waals surface area contributed by atoms with Crippen molar-refractivity contribution in [3.05, 3.63) is 52.4 Å². The third kappa shape index (κ3) is 5.16. The molecule has 0 radical (unpaired) electrons. The molecule has 7 heteroatoms. The van der Waals surface area contributed by atoms with Crippen LogP contribution in [0.5, 0.6) is 0 Å². The zero-order chi connectivity index (χ0) is 22.9. The predicted molar refractivity (Wildman–Crippen MR) is 123 cm³/mol. The molecule has 0 bridgehead atoms. The molecule has 3 rings (SSSR count). The quantitative estimate of drug-likeness (QED) is 0.628. The summed E-state index contributed by atoms with van der Waals surface area (Å²) in [7, 11) is 1.74. The van der Waals surface area contributed by atoms with Crippen LogP contribution in [0.4, 0.5) is 4.79 Å². The van der Waals surface area contributed by atoms with Gasteiger partial charge in [0.05, 0.1) is 11.2 Å². The highest BCUT2D eigenvalue weighted by atomic mass is 16.4. The summed E-state index contributed by atoms with van der Waals surface area (Å²) in [4.78, 5) is 30.6. The fourth-order valence-corrected chi connectivity index (χ4v) is 3.76. The van der Waals surface area contributed by atoms with Crippen molar-refractivity contribution in [1.82, 2.24) is 19.0 Å². The van der Waals surface area contributed by atoms with Crippen molar-refractivity contribution in [2.24, 2.45) is 18.4 Å². The molecule has 3 aromatic rings. The average Bonchev–Trinajstić information content (AvgIpc) is 2.90. The van der Waals surface area contributed by atoms with Crippen LogP contribution >= 0.6 is 0 Å². The van der Waals surface area contributed by atoms with Gasteiger partial charge in [-0.1, -0.05) is 52.8 Å². The summed E-state index contributed by atoms with van der Waals surface area (Å²) in [6, 6.07) is 11.6. The highest BCUT2D eigenvalue weighted by molar-refractivity contribution is 5.76. The molecule has 0 spiro atoms. The molecule has 0 saturated carbocycles. The lowest BCUT2D eigenvalue weighted by molar-refractivity contribution is 0.136. The summed E-state index contributed by atoms with van der Waals surface area (Å²) in [5, 5.41) is 9.51. The molecule has 0 unspecified atom stereocenters. The van der Waals surface area contributed by atoms with Gasteiger partial charge in [0.2, 0.25) is 0 Å². The van der Waals surface area contributed by atoms with Crippen LogP contribution < -0.4 is 5.69 Å². The van der Waals surface area contributed by atoms with E-state index in [1.165, 1.54) is 4.90 Å². The molecule has 1 aromatic carbocycles. The largest absolute Gasteiger partial charge is 0.465 e. The monoisotopic (exact) mass is 424 g/mol. The van der Waals surface area contributed by atoms with Crippen LogP contribution in [-0.4, -0.2) is 36.8 Å². The molecule has 0 atom stereocenters. The standard InChI is InChI=1S/C24H32N4O3/c1-16(2)13-27(23(30)31)14-17-8-7-9-18(12-17)19-10-11-20-21(25-19)26(6)22(29)28(20)15-24(3,4)5/h7-12,16H,13-15H2,1-6H3,(H,30,31). The lowest BCUT2D eigenvalue weighted by Gasteiger charge is -2.21. The number of pyridine rings is 1. The molecule has 0 aliphatic carbocycles. The number of carboxylic acid groups (broad SMARTS) is 1. The van der Waals surface area contributed by atoms with Gasteiger partial charge < -0.3 is 10.0 Å². The van der Waals surface area contributed by atoms with E-state index in [-0.39, 0.29) is 17.0 Å². The topological polar surface area (TPSA) is 80.4 Å². The molecule has 2 aromatic heterocycles. The summed E-state index contributed by atoms with van der Waals surface area (Å²) in [6.45, 7) is 11.7. The first kappa shape index (κ1) is 22.6. The van der Waals surface area contributed by atoms with Gasteiger partial charge in [-0.15, -0.1) is 0 Å². The zero-order valence-electron chi connectivity index (χ0n) is 19.2. The van der Waals surface area contributed by atoms with Gasteiger partial charge in [0.25, 0.3) is 0 Å². The average molecular weight is 425 g/mol. The van der Waals surface area contributed by atoms with Gasteiger partial charge in [-0.3, -0.25) is 9.13 Å². The Morgan fingerprint density at radius 2 is 1.90 bits per heavy atom. The van der Waals surface area contributed by atoms with Crippen molar-refractivity contribution < 1.29 is 9.90 Å². The van der Waals surface area contributed by atoms with Crippen molar-refractivity contribution in [1.29, 1.82) is 0 Å². The second-order valence-electron chi connectivity index (χ2n) is 9.78. The first-order valence-corrected chi connectivity index (χ1v) is 10.6. The Hall–Kier alpha value is -3.09. The Labute approximate surface area is 182 Å². The van der Waals surface area contributed by atoms with Crippen LogP contribution in [0, 0.1) is 11.3 Å². The number of amides is 1. The maximum absolute atomic E-state index is 12.8. The lowest BCUT2D eigenvalue weighted by Crippen LogP contribution is -2.32. The Balaban J connectivity index is 1.97. The van der Waals surface area contributed by atoms with E-state index in [0.717, 1.165) is 22.3 Å². The fraction of sp³-hybridized carbons (Fsp3) is 0.458. The number of aryl methyl sites for hydroxylation is 1. The van der Waals surface area contributed by atoms with Crippen molar-refractivity contribution >= 4 is 17.3 Å². The number of benzene rings is 1. The van der Waals surface area contributed by atoms with Crippen LogP contribution in [0.1, 0.15) is 40.2 Å². The van der Waals surface area contributed by atoms with Crippen molar-refractivity contribution in [2.75, 3.05) is 6.54 Å². The summed E-state index contributed by atoms with van der Waals surface area (Å²) in [5.74, 6) is 0.252. The maximum atomic E-state index is 12.8. The van der Waals surface area contributed by atoms with E-state index in [4.69, 9.17) is 4.98 Å². The Kier molecular flexibility index (Phi) is 6.25. The molecule has 166 valence electrons. The zero-order valence-corrected chi connectivity index (χ0v) is 19.2. The normalized spacial score (nSPS) is 12.0. The van der Waals surface area contributed by atoms with Gasteiger partial charge in [0.1, 0.15) is 0 Å². The van der Waals surface area contributed by atoms with E-state index in [1.54, 1.807) is 16.2 Å². The van der Waals surface area contributed by atoms with E-state index in [9.17, 15) is 14.7 Å². The van der Waals surface area contributed by atoms with E-state index in [2.05, 4.69) is 20.8 Å². The third-order valence-electron chi connectivity index (χ3n) is 5.07. The van der Waals surface area contributed by atoms with Crippen LogP contribution in [0.25, 0.3) is 22.4 Å². The first-order valence-electron chi connectivity index (χ1n) is 10.6. The highest BCUT2D eigenvalue weighted by Crippen LogP contribution is 2.24. The molecular formula is C24H32N4O3. The first-order chi connectivity index (χ1) is 14.5. The van der Waals surface area contributed by atoms with Gasteiger partial charge in [-0.05, 0) is 35.1 Å². The van der Waals surface area contributed by atoms with E-state index >= 15 is 0 Å². The molecule has 7 nitrogen and oxygen atoms in total. The number of rotatable bonds is 6. The van der Waals surface area contributed by atoms with E-state index in [0.29, 0.717) is 25.3 Å². The van der Waals surface area contributed by atoms with Gasteiger partial charge in [0.15, 0.2) is 5.65 Å². The molecule has 0 fully saturated rings. The molecule has 0 saturated heterocycles. The van der Waals surface area contributed by atoms with Crippen LogP contribution in [-0.2, 0) is 20.1 Å². The molecule has 0 aliphatic rings. The van der Waals surface area contributed by atoms with Gasteiger partial charge in [0, 0.05) is 32.2 Å². The highest BCUT2D eigenvalue weighted by Gasteiger charge is 2.19. The second kappa shape index (κ2) is 8.57.